The maximum Gasteiger partial charge on any atom is -1.00 e. The van der Waals surface area contributed by atoms with Gasteiger partial charge in [-0.3, -0.25) is 0 Å². The Hall–Kier alpha value is -0.191. The summed E-state index contributed by atoms with van der Waals surface area (Å²) < 4.78 is 3.24. The molecule has 88 valence electrons. The van der Waals surface area contributed by atoms with Crippen LogP contribution in [0.3, 0.4) is 0 Å². The van der Waals surface area contributed by atoms with Crippen molar-refractivity contribution in [1.29, 1.82) is 0 Å². The van der Waals surface area contributed by atoms with Crippen molar-refractivity contribution in [2.45, 2.75) is 12.7 Å². The fourth-order valence-corrected chi connectivity index (χ4v) is 2.30. The molecular weight excluding hydrogens is 378 g/mol. The molecule has 0 fully saturated rings. The third-order valence-corrected chi connectivity index (χ3v) is 3.62. The van der Waals surface area contributed by atoms with Crippen LogP contribution in [0.4, 0.5) is 0 Å². The molecule has 0 atom stereocenters. The molecule has 2 nitrogen and oxygen atoms in total. The summed E-state index contributed by atoms with van der Waals surface area (Å²) in [5.41, 5.74) is 1.24. The predicted octanol–water partition coefficient (Wildman–Crippen LogP) is -1.12. The quantitative estimate of drug-likeness (QED) is 0.198. The van der Waals surface area contributed by atoms with Crippen LogP contribution in [-0.2, 0) is 0 Å². The summed E-state index contributed by atoms with van der Waals surface area (Å²) in [7, 11) is 4.04. The summed E-state index contributed by atoms with van der Waals surface area (Å²) in [5, 5.41) is 0. The first kappa shape index (κ1) is 15.8. The van der Waals surface area contributed by atoms with Gasteiger partial charge in [0.15, 0.2) is 0 Å². The molecule has 0 heterocycles. The van der Waals surface area contributed by atoms with Crippen molar-refractivity contribution in [3.8, 4) is 0 Å². The van der Waals surface area contributed by atoms with Crippen molar-refractivity contribution in [2.24, 2.45) is 4.99 Å². The monoisotopic (exact) mass is 396 g/mol. The molecule has 0 aliphatic rings. The molecule has 0 aliphatic carbocycles. The maximum atomic E-state index is 4.65. The fraction of sp³-hybridized carbons (Fsp3) is 0.333. The Kier molecular flexibility index (Phi) is 7.89. The summed E-state index contributed by atoms with van der Waals surface area (Å²) in [6, 6.07) is 10.4. The minimum atomic E-state index is 0. The van der Waals surface area contributed by atoms with E-state index in [-0.39, 0.29) is 24.0 Å². The van der Waals surface area contributed by atoms with Crippen LogP contribution < -0.4 is 24.0 Å². The number of halogens is 1. The first-order chi connectivity index (χ1) is 7.15. The van der Waals surface area contributed by atoms with Gasteiger partial charge in [-0.1, -0.05) is 0 Å². The topological polar surface area (TPSA) is 15.4 Å². The molecule has 0 aliphatic heterocycles. The molecule has 1 aromatic rings. The van der Waals surface area contributed by atoms with E-state index in [4.69, 9.17) is 0 Å². The average Bonchev–Trinajstić information content (AvgIpc) is 2.26. The van der Waals surface area contributed by atoms with Crippen molar-refractivity contribution in [3.05, 3.63) is 35.9 Å². The molecule has 16 heavy (non-hydrogen) atoms. The van der Waals surface area contributed by atoms with Crippen molar-refractivity contribution in [3.63, 3.8) is 0 Å². The SMILES string of the molecule is C[Se]C(=NC(C)=[N+](C)C)c1ccccc1.[I-]. The largest absolute Gasteiger partial charge is 1.00 e. The second-order valence-corrected chi connectivity index (χ2v) is 5.10. The Morgan fingerprint density at radius 3 is 2.19 bits per heavy atom. The van der Waals surface area contributed by atoms with Crippen molar-refractivity contribution < 1.29 is 28.6 Å². The van der Waals surface area contributed by atoms with E-state index in [2.05, 4.69) is 35.1 Å². The van der Waals surface area contributed by atoms with Gasteiger partial charge >= 0.3 is 97.7 Å². The first-order valence-electron chi connectivity index (χ1n) is 4.84. The zero-order valence-corrected chi connectivity index (χ0v) is 13.9. The number of aliphatic imine (C=N–C) groups is 1. The molecule has 0 N–H and O–H groups in total. The number of rotatable bonds is 2. The van der Waals surface area contributed by atoms with Gasteiger partial charge in [0.1, 0.15) is 0 Å². The average molecular weight is 395 g/mol. The number of hydrogen-bond donors (Lipinski definition) is 0. The van der Waals surface area contributed by atoms with Crippen LogP contribution >= 0.6 is 0 Å². The van der Waals surface area contributed by atoms with Crippen molar-refractivity contribution in [2.75, 3.05) is 14.1 Å². The zero-order chi connectivity index (χ0) is 11.3. The number of hydrogen-bond acceptors (Lipinski definition) is 0. The zero-order valence-electron chi connectivity index (χ0n) is 10.1. The molecule has 0 unspecified atom stereocenters. The van der Waals surface area contributed by atoms with Gasteiger partial charge in [-0.25, -0.2) is 0 Å². The van der Waals surface area contributed by atoms with Gasteiger partial charge in [0, 0.05) is 0 Å². The maximum absolute atomic E-state index is 4.65. The van der Waals surface area contributed by atoms with Crippen LogP contribution in [0.25, 0.3) is 0 Å². The van der Waals surface area contributed by atoms with Crippen LogP contribution in [0.1, 0.15) is 12.5 Å². The van der Waals surface area contributed by atoms with Gasteiger partial charge < -0.3 is 24.0 Å². The van der Waals surface area contributed by atoms with Gasteiger partial charge in [-0.15, -0.1) is 0 Å². The number of nitrogens with zero attached hydrogens (tertiary/aromatic N) is 2. The molecular formula is C12H17IN2Se. The van der Waals surface area contributed by atoms with Gasteiger partial charge in [0.25, 0.3) is 0 Å². The minimum Gasteiger partial charge on any atom is -1.00 e. The molecule has 0 aromatic heterocycles. The van der Waals surface area contributed by atoms with E-state index >= 15 is 0 Å². The van der Waals surface area contributed by atoms with E-state index in [1.807, 2.05) is 31.7 Å². The van der Waals surface area contributed by atoms with Crippen LogP contribution in [0.2, 0.25) is 5.82 Å². The Balaban J connectivity index is 0.00000225. The van der Waals surface area contributed by atoms with E-state index in [0.717, 1.165) is 5.84 Å². The van der Waals surface area contributed by atoms with Crippen LogP contribution in [-0.4, -0.2) is 44.1 Å². The molecule has 0 spiro atoms. The molecule has 0 saturated heterocycles. The Bertz CT molecular complexity index is 381. The van der Waals surface area contributed by atoms with Gasteiger partial charge in [-0.2, -0.15) is 0 Å². The molecule has 0 bridgehead atoms. The van der Waals surface area contributed by atoms with E-state index in [1.54, 1.807) is 0 Å². The second kappa shape index (κ2) is 7.98. The van der Waals surface area contributed by atoms with Crippen LogP contribution in [0, 0.1) is 0 Å². The van der Waals surface area contributed by atoms with E-state index in [0.29, 0.717) is 15.0 Å². The first-order valence-corrected chi connectivity index (χ1v) is 7.41. The molecule has 4 heteroatoms. The van der Waals surface area contributed by atoms with Crippen molar-refractivity contribution >= 4 is 25.4 Å². The van der Waals surface area contributed by atoms with E-state index < -0.39 is 0 Å². The summed E-state index contributed by atoms with van der Waals surface area (Å²) in [6.07, 6.45) is 0. The van der Waals surface area contributed by atoms with Gasteiger partial charge in [0.05, 0.1) is 0 Å². The third kappa shape index (κ3) is 4.76. The van der Waals surface area contributed by atoms with E-state index in [1.165, 1.54) is 10.2 Å². The molecule has 0 radical (unpaired) electrons. The number of benzene rings is 1. The second-order valence-electron chi connectivity index (χ2n) is 3.43. The Morgan fingerprint density at radius 2 is 1.75 bits per heavy atom. The smallest absolute Gasteiger partial charge is 1.00 e. The van der Waals surface area contributed by atoms with Crippen LogP contribution in [0.5, 0.6) is 0 Å². The fourth-order valence-electron chi connectivity index (χ4n) is 1.06. The summed E-state index contributed by atoms with van der Waals surface area (Å²) in [4.78, 5) is 4.65. The summed E-state index contributed by atoms with van der Waals surface area (Å²) in [5.74, 6) is 3.25. The van der Waals surface area contributed by atoms with Crippen LogP contribution in [0.15, 0.2) is 35.3 Å². The van der Waals surface area contributed by atoms with Gasteiger partial charge in [-0.05, 0) is 0 Å². The molecule has 1 aromatic carbocycles. The van der Waals surface area contributed by atoms with Gasteiger partial charge in [0.2, 0.25) is 0 Å². The standard InChI is InChI=1S/C12H17N2Se.HI/c1-10(14(2)3)13-12(15-4)11-8-6-5-7-9-11;/h5-9H,1-4H3;1H/q+1;/p-1. The van der Waals surface area contributed by atoms with E-state index in [9.17, 15) is 0 Å². The summed E-state index contributed by atoms with van der Waals surface area (Å²) in [6.45, 7) is 2.04. The Morgan fingerprint density at radius 1 is 1.19 bits per heavy atom. The Labute approximate surface area is 121 Å². The normalized spacial score (nSPS) is 10.6. The molecule has 0 amide bonds. The third-order valence-electron chi connectivity index (χ3n) is 2.12. The molecule has 0 saturated carbocycles. The number of amidine groups is 1. The minimum absolute atomic E-state index is 0. The molecule has 1 rings (SSSR count). The summed E-state index contributed by atoms with van der Waals surface area (Å²) >= 11 is 0.415. The van der Waals surface area contributed by atoms with Crippen molar-refractivity contribution in [1.82, 2.24) is 0 Å². The predicted molar refractivity (Wildman–Crippen MR) is 67.4 cm³/mol.